The molecule has 20 heavy (non-hydrogen) atoms. The van der Waals surface area contributed by atoms with Crippen LogP contribution in [0.1, 0.15) is 16.1 Å². The Labute approximate surface area is 121 Å². The lowest BCUT2D eigenvalue weighted by Gasteiger charge is -2.22. The molecule has 0 aliphatic heterocycles. The van der Waals surface area contributed by atoms with Crippen LogP contribution in [0, 0.1) is 0 Å². The number of pyridine rings is 1. The van der Waals surface area contributed by atoms with Gasteiger partial charge in [-0.3, -0.25) is 4.98 Å². The minimum atomic E-state index is -1.07. The van der Waals surface area contributed by atoms with Crippen LogP contribution in [0.3, 0.4) is 0 Å². The maximum Gasteiger partial charge on any atom is 0.337 e. The fraction of sp³-hybridized carbons (Fsp3) is 0.143. The molecule has 0 saturated heterocycles. The fourth-order valence-corrected chi connectivity index (χ4v) is 2.36. The van der Waals surface area contributed by atoms with E-state index in [1.807, 2.05) is 18.2 Å². The van der Waals surface area contributed by atoms with E-state index in [0.717, 1.165) is 5.69 Å². The SMILES string of the molecule is CN(Cc1ccccn1)c1c(Cl)cc(N)cc1C(=O)O. The Hall–Kier alpha value is -2.27. The molecule has 0 aliphatic rings. The Morgan fingerprint density at radius 2 is 2.20 bits per heavy atom. The largest absolute Gasteiger partial charge is 0.478 e. The Bertz CT molecular complexity index is 632. The number of nitrogens with zero attached hydrogens (tertiary/aromatic N) is 2. The molecule has 104 valence electrons. The number of carboxylic acid groups (broad SMARTS) is 1. The predicted octanol–water partition coefficient (Wildman–Crippen LogP) is 2.65. The van der Waals surface area contributed by atoms with E-state index in [-0.39, 0.29) is 5.56 Å². The highest BCUT2D eigenvalue weighted by Gasteiger charge is 2.18. The lowest BCUT2D eigenvalue weighted by Crippen LogP contribution is -2.20. The van der Waals surface area contributed by atoms with E-state index in [9.17, 15) is 9.90 Å². The van der Waals surface area contributed by atoms with Crippen molar-refractivity contribution in [3.63, 3.8) is 0 Å². The number of hydrogen-bond donors (Lipinski definition) is 2. The monoisotopic (exact) mass is 291 g/mol. The van der Waals surface area contributed by atoms with E-state index in [1.54, 1.807) is 18.1 Å². The lowest BCUT2D eigenvalue weighted by atomic mass is 10.1. The van der Waals surface area contributed by atoms with E-state index in [0.29, 0.717) is 22.9 Å². The molecule has 3 N–H and O–H groups in total. The number of anilines is 2. The van der Waals surface area contributed by atoms with Gasteiger partial charge in [0.05, 0.1) is 28.5 Å². The number of nitrogen functional groups attached to an aromatic ring is 1. The van der Waals surface area contributed by atoms with Crippen LogP contribution in [0.25, 0.3) is 0 Å². The van der Waals surface area contributed by atoms with Crippen molar-refractivity contribution < 1.29 is 9.90 Å². The second-order valence-corrected chi connectivity index (χ2v) is 4.79. The van der Waals surface area contributed by atoms with Crippen molar-refractivity contribution >= 4 is 28.9 Å². The summed E-state index contributed by atoms with van der Waals surface area (Å²) in [6.45, 7) is 0.449. The van der Waals surface area contributed by atoms with E-state index >= 15 is 0 Å². The van der Waals surface area contributed by atoms with Gasteiger partial charge in [0.25, 0.3) is 0 Å². The molecule has 2 aromatic rings. The van der Waals surface area contributed by atoms with Crippen LogP contribution >= 0.6 is 11.6 Å². The average molecular weight is 292 g/mol. The first kappa shape index (κ1) is 14.1. The Kier molecular flexibility index (Phi) is 4.10. The van der Waals surface area contributed by atoms with Crippen LogP contribution in [-0.4, -0.2) is 23.1 Å². The fourth-order valence-electron chi connectivity index (χ4n) is 1.98. The second-order valence-electron chi connectivity index (χ2n) is 4.38. The summed E-state index contributed by atoms with van der Waals surface area (Å²) in [7, 11) is 1.76. The van der Waals surface area contributed by atoms with Crippen molar-refractivity contribution in [1.29, 1.82) is 0 Å². The maximum absolute atomic E-state index is 11.3. The summed E-state index contributed by atoms with van der Waals surface area (Å²) in [5, 5.41) is 9.58. The minimum absolute atomic E-state index is 0.0773. The quantitative estimate of drug-likeness (QED) is 0.847. The summed E-state index contributed by atoms with van der Waals surface area (Å²) in [6, 6.07) is 8.50. The Morgan fingerprint density at radius 3 is 2.80 bits per heavy atom. The van der Waals surface area contributed by atoms with E-state index < -0.39 is 5.97 Å². The van der Waals surface area contributed by atoms with Crippen LogP contribution in [-0.2, 0) is 6.54 Å². The topological polar surface area (TPSA) is 79.5 Å². The number of carbonyl (C=O) groups is 1. The van der Waals surface area contributed by atoms with Gasteiger partial charge in [0.15, 0.2) is 0 Å². The van der Waals surface area contributed by atoms with Gasteiger partial charge < -0.3 is 15.7 Å². The number of aromatic carboxylic acids is 1. The second kappa shape index (κ2) is 5.79. The van der Waals surface area contributed by atoms with Gasteiger partial charge in [-0.15, -0.1) is 0 Å². The molecular formula is C14H14ClN3O2. The van der Waals surface area contributed by atoms with Gasteiger partial charge in [-0.05, 0) is 24.3 Å². The highest BCUT2D eigenvalue weighted by molar-refractivity contribution is 6.34. The zero-order chi connectivity index (χ0) is 14.7. The van der Waals surface area contributed by atoms with Crippen molar-refractivity contribution in [2.45, 2.75) is 6.54 Å². The van der Waals surface area contributed by atoms with Crippen LogP contribution in [0.5, 0.6) is 0 Å². The molecule has 1 aromatic heterocycles. The van der Waals surface area contributed by atoms with E-state index in [1.165, 1.54) is 12.1 Å². The summed E-state index contributed by atoms with van der Waals surface area (Å²) in [5.74, 6) is -1.07. The molecule has 0 amide bonds. The minimum Gasteiger partial charge on any atom is -0.478 e. The van der Waals surface area contributed by atoms with Gasteiger partial charge >= 0.3 is 5.97 Å². The lowest BCUT2D eigenvalue weighted by molar-refractivity contribution is 0.0697. The molecule has 5 nitrogen and oxygen atoms in total. The number of carboxylic acids is 1. The third kappa shape index (κ3) is 3.00. The van der Waals surface area contributed by atoms with Crippen molar-refractivity contribution in [2.75, 3.05) is 17.7 Å². The smallest absolute Gasteiger partial charge is 0.337 e. The van der Waals surface area contributed by atoms with Crippen LogP contribution in [0.4, 0.5) is 11.4 Å². The molecule has 0 spiro atoms. The molecule has 1 aromatic carbocycles. The molecule has 2 rings (SSSR count). The van der Waals surface area contributed by atoms with Crippen molar-refractivity contribution in [2.24, 2.45) is 0 Å². The third-order valence-electron chi connectivity index (χ3n) is 2.82. The van der Waals surface area contributed by atoms with Crippen LogP contribution in [0.15, 0.2) is 36.5 Å². The molecule has 0 unspecified atom stereocenters. The van der Waals surface area contributed by atoms with Gasteiger partial charge in [0.2, 0.25) is 0 Å². The molecule has 0 fully saturated rings. The molecule has 0 radical (unpaired) electrons. The summed E-state index contributed by atoms with van der Waals surface area (Å²) in [4.78, 5) is 17.3. The normalized spacial score (nSPS) is 10.3. The van der Waals surface area contributed by atoms with E-state index in [4.69, 9.17) is 17.3 Å². The van der Waals surface area contributed by atoms with Gasteiger partial charge in [0, 0.05) is 18.9 Å². The van der Waals surface area contributed by atoms with Gasteiger partial charge in [0.1, 0.15) is 0 Å². The third-order valence-corrected chi connectivity index (χ3v) is 3.11. The van der Waals surface area contributed by atoms with Crippen LogP contribution in [0.2, 0.25) is 5.02 Å². The standard InChI is InChI=1S/C14H14ClN3O2/c1-18(8-10-4-2-3-5-17-10)13-11(14(19)20)6-9(16)7-12(13)15/h2-7H,8,16H2,1H3,(H,19,20). The number of rotatable bonds is 4. The number of hydrogen-bond acceptors (Lipinski definition) is 4. The first-order chi connectivity index (χ1) is 9.49. The molecule has 0 atom stereocenters. The van der Waals surface area contributed by atoms with Gasteiger partial charge in [-0.25, -0.2) is 4.79 Å². The van der Waals surface area contributed by atoms with E-state index in [2.05, 4.69) is 4.98 Å². The molecule has 1 heterocycles. The summed E-state index contributed by atoms with van der Waals surface area (Å²) >= 11 is 6.13. The first-order valence-electron chi connectivity index (χ1n) is 5.92. The molecule has 6 heteroatoms. The Morgan fingerprint density at radius 1 is 1.45 bits per heavy atom. The van der Waals surface area contributed by atoms with Crippen LogP contribution < -0.4 is 10.6 Å². The number of aromatic nitrogens is 1. The zero-order valence-electron chi connectivity index (χ0n) is 10.9. The molecule has 0 bridgehead atoms. The maximum atomic E-state index is 11.3. The molecular weight excluding hydrogens is 278 g/mol. The summed E-state index contributed by atoms with van der Waals surface area (Å²) < 4.78 is 0. The molecule has 0 saturated carbocycles. The first-order valence-corrected chi connectivity index (χ1v) is 6.30. The van der Waals surface area contributed by atoms with Crippen molar-refractivity contribution in [3.05, 3.63) is 52.8 Å². The predicted molar refractivity (Wildman–Crippen MR) is 79.2 cm³/mol. The number of halogens is 1. The van der Waals surface area contributed by atoms with Gasteiger partial charge in [-0.1, -0.05) is 17.7 Å². The van der Waals surface area contributed by atoms with Gasteiger partial charge in [-0.2, -0.15) is 0 Å². The average Bonchev–Trinajstić information content (AvgIpc) is 2.38. The summed E-state index contributed by atoms with van der Waals surface area (Å²) in [6.07, 6.45) is 1.69. The zero-order valence-corrected chi connectivity index (χ0v) is 11.6. The Balaban J connectivity index is 2.39. The molecule has 0 aliphatic carbocycles. The van der Waals surface area contributed by atoms with Crippen molar-refractivity contribution in [1.82, 2.24) is 4.98 Å². The summed E-state index contributed by atoms with van der Waals surface area (Å²) in [5.41, 5.74) is 7.29. The number of nitrogens with two attached hydrogens (primary N) is 1. The number of benzene rings is 1. The highest BCUT2D eigenvalue weighted by atomic mass is 35.5. The highest BCUT2D eigenvalue weighted by Crippen LogP contribution is 2.32. The van der Waals surface area contributed by atoms with Crippen molar-refractivity contribution in [3.8, 4) is 0 Å².